The van der Waals surface area contributed by atoms with Crippen molar-refractivity contribution in [3.63, 3.8) is 0 Å². The summed E-state index contributed by atoms with van der Waals surface area (Å²) in [5.74, 6) is -0.411. The molecular formula is C21H19NO6S. The number of carbonyl (C=O) groups is 1. The quantitative estimate of drug-likeness (QED) is 0.370. The van der Waals surface area contributed by atoms with Gasteiger partial charge in [0.15, 0.2) is 0 Å². The third kappa shape index (κ3) is 4.08. The molecule has 0 aliphatic carbocycles. The number of nitrogens with zero attached hydrogens (tertiary/aromatic N) is 1. The molecule has 2 aromatic carbocycles. The normalized spacial score (nSPS) is 15.3. The zero-order valence-corrected chi connectivity index (χ0v) is 16.4. The number of hydrogen-bond acceptors (Lipinski definition) is 6. The van der Waals surface area contributed by atoms with Crippen molar-refractivity contribution in [1.29, 1.82) is 0 Å². The molecule has 1 aliphatic rings. The van der Waals surface area contributed by atoms with Crippen LogP contribution >= 0.6 is 0 Å². The van der Waals surface area contributed by atoms with Gasteiger partial charge in [-0.15, -0.1) is 0 Å². The van der Waals surface area contributed by atoms with Crippen LogP contribution in [0.15, 0.2) is 68.7 Å². The average molecular weight is 413 g/mol. The van der Waals surface area contributed by atoms with Crippen molar-refractivity contribution in [3.8, 4) is 5.75 Å². The Morgan fingerprint density at radius 2 is 1.62 bits per heavy atom. The van der Waals surface area contributed by atoms with Gasteiger partial charge in [-0.2, -0.15) is 4.31 Å². The summed E-state index contributed by atoms with van der Waals surface area (Å²) in [7, 11) is -3.55. The summed E-state index contributed by atoms with van der Waals surface area (Å²) in [6.45, 7) is 1.04. The van der Waals surface area contributed by atoms with E-state index in [1.165, 1.54) is 40.7 Å². The largest absolute Gasteiger partial charge is 0.423 e. The van der Waals surface area contributed by atoms with Crippen molar-refractivity contribution >= 4 is 27.0 Å². The molecule has 4 rings (SSSR count). The van der Waals surface area contributed by atoms with Gasteiger partial charge in [-0.05, 0) is 55.3 Å². The lowest BCUT2D eigenvalue weighted by Gasteiger charge is -2.25. The predicted molar refractivity (Wildman–Crippen MR) is 106 cm³/mol. The van der Waals surface area contributed by atoms with E-state index < -0.39 is 21.6 Å². The maximum absolute atomic E-state index is 12.7. The van der Waals surface area contributed by atoms with Gasteiger partial charge in [0.1, 0.15) is 11.3 Å². The van der Waals surface area contributed by atoms with Crippen LogP contribution in [0.3, 0.4) is 0 Å². The van der Waals surface area contributed by atoms with Crippen LogP contribution < -0.4 is 10.4 Å². The van der Waals surface area contributed by atoms with Crippen LogP contribution in [-0.4, -0.2) is 31.8 Å². The molecule has 0 unspecified atom stereocenters. The number of ether oxygens (including phenoxy) is 1. The molecule has 7 nitrogen and oxygen atoms in total. The molecular weight excluding hydrogens is 394 g/mol. The zero-order valence-electron chi connectivity index (χ0n) is 15.5. The summed E-state index contributed by atoms with van der Waals surface area (Å²) < 4.78 is 37.3. The number of benzene rings is 2. The molecule has 1 fully saturated rings. The number of esters is 1. The van der Waals surface area contributed by atoms with E-state index in [1.807, 2.05) is 0 Å². The first kappa shape index (κ1) is 19.4. The van der Waals surface area contributed by atoms with Crippen molar-refractivity contribution in [2.45, 2.75) is 24.2 Å². The zero-order chi connectivity index (χ0) is 20.4. The maximum atomic E-state index is 12.7. The molecule has 2 heterocycles. The van der Waals surface area contributed by atoms with Crippen LogP contribution in [-0.2, 0) is 10.0 Å². The average Bonchev–Trinajstić information content (AvgIpc) is 2.74. The van der Waals surface area contributed by atoms with E-state index in [1.54, 1.807) is 18.2 Å². The fraction of sp³-hybridized carbons (Fsp3) is 0.238. The number of carbonyl (C=O) groups excluding carboxylic acids is 1. The monoisotopic (exact) mass is 413 g/mol. The summed E-state index contributed by atoms with van der Waals surface area (Å²) >= 11 is 0. The van der Waals surface area contributed by atoms with Gasteiger partial charge in [0.05, 0.1) is 10.5 Å². The maximum Gasteiger partial charge on any atom is 0.343 e. The summed E-state index contributed by atoms with van der Waals surface area (Å²) in [6, 6.07) is 13.4. The molecule has 1 aromatic heterocycles. The van der Waals surface area contributed by atoms with Crippen molar-refractivity contribution in [1.82, 2.24) is 4.31 Å². The minimum Gasteiger partial charge on any atom is -0.423 e. The molecule has 1 aliphatic heterocycles. The molecule has 0 saturated carbocycles. The van der Waals surface area contributed by atoms with E-state index in [9.17, 15) is 18.0 Å². The van der Waals surface area contributed by atoms with Gasteiger partial charge < -0.3 is 9.15 Å². The summed E-state index contributed by atoms with van der Waals surface area (Å²) in [6.07, 6.45) is 2.75. The first-order chi connectivity index (χ1) is 13.9. The van der Waals surface area contributed by atoms with Crippen LogP contribution in [0.1, 0.15) is 29.6 Å². The third-order valence-corrected chi connectivity index (χ3v) is 6.76. The standard InChI is InChI=1S/C21H19NO6S/c23-20-11-7-15-4-8-17(14-19(15)28-20)27-21(24)16-5-9-18(10-6-16)29(25,26)22-12-2-1-3-13-22/h4-11,14H,1-3,12-13H2. The van der Waals surface area contributed by atoms with Gasteiger partial charge >= 0.3 is 11.6 Å². The Bertz CT molecular complexity index is 1210. The smallest absolute Gasteiger partial charge is 0.343 e. The molecule has 3 aromatic rings. The first-order valence-electron chi connectivity index (χ1n) is 9.30. The van der Waals surface area contributed by atoms with Gasteiger partial charge in [0, 0.05) is 30.6 Å². The lowest BCUT2D eigenvalue weighted by molar-refractivity contribution is 0.0735. The lowest BCUT2D eigenvalue weighted by Crippen LogP contribution is -2.35. The second-order valence-corrected chi connectivity index (χ2v) is 8.77. The minimum absolute atomic E-state index is 0.156. The summed E-state index contributed by atoms with van der Waals surface area (Å²) in [5.41, 5.74) is 0.0365. The Kier molecular flexibility index (Phi) is 5.21. The molecule has 0 atom stereocenters. The SMILES string of the molecule is O=C(Oc1ccc2ccc(=O)oc2c1)c1ccc(S(=O)(=O)N2CCCCC2)cc1. The predicted octanol–water partition coefficient (Wildman–Crippen LogP) is 3.19. The molecule has 0 N–H and O–H groups in total. The molecule has 1 saturated heterocycles. The number of fused-ring (bicyclic) bond motifs is 1. The van der Waals surface area contributed by atoms with E-state index in [2.05, 4.69) is 0 Å². The highest BCUT2D eigenvalue weighted by molar-refractivity contribution is 7.89. The molecule has 0 bridgehead atoms. The minimum atomic E-state index is -3.55. The van der Waals surface area contributed by atoms with Crippen LogP contribution in [0, 0.1) is 0 Å². The Morgan fingerprint density at radius 1 is 0.931 bits per heavy atom. The Labute approximate surface area is 167 Å². The number of rotatable bonds is 4. The fourth-order valence-electron chi connectivity index (χ4n) is 3.29. The lowest BCUT2D eigenvalue weighted by atomic mass is 10.2. The highest BCUT2D eigenvalue weighted by Gasteiger charge is 2.26. The highest BCUT2D eigenvalue weighted by Crippen LogP contribution is 2.23. The van der Waals surface area contributed by atoms with Crippen LogP contribution in [0.5, 0.6) is 5.75 Å². The first-order valence-corrected chi connectivity index (χ1v) is 10.7. The molecule has 0 spiro atoms. The van der Waals surface area contributed by atoms with Crippen molar-refractivity contribution < 1.29 is 22.4 Å². The van der Waals surface area contributed by atoms with Crippen molar-refractivity contribution in [3.05, 3.63) is 70.6 Å². The van der Waals surface area contributed by atoms with Gasteiger partial charge in [0.2, 0.25) is 10.0 Å². The number of sulfonamides is 1. The fourth-order valence-corrected chi connectivity index (χ4v) is 4.80. The van der Waals surface area contributed by atoms with E-state index in [-0.39, 0.29) is 16.2 Å². The van der Waals surface area contributed by atoms with E-state index in [4.69, 9.17) is 9.15 Å². The highest BCUT2D eigenvalue weighted by atomic mass is 32.2. The summed E-state index contributed by atoms with van der Waals surface area (Å²) in [5, 5.41) is 0.705. The molecule has 0 amide bonds. The third-order valence-electron chi connectivity index (χ3n) is 4.85. The van der Waals surface area contributed by atoms with Crippen molar-refractivity contribution in [2.24, 2.45) is 0 Å². The van der Waals surface area contributed by atoms with Crippen molar-refractivity contribution in [2.75, 3.05) is 13.1 Å². The molecule has 150 valence electrons. The molecule has 29 heavy (non-hydrogen) atoms. The summed E-state index contributed by atoms with van der Waals surface area (Å²) in [4.78, 5) is 23.9. The second-order valence-electron chi connectivity index (χ2n) is 6.83. The Morgan fingerprint density at radius 3 is 2.34 bits per heavy atom. The van der Waals surface area contributed by atoms with Crippen LogP contribution in [0.4, 0.5) is 0 Å². The Hall–Kier alpha value is -2.97. The number of piperidine rings is 1. The van der Waals surface area contributed by atoms with Crippen LogP contribution in [0.2, 0.25) is 0 Å². The molecule has 0 radical (unpaired) electrons. The van der Waals surface area contributed by atoms with Gasteiger partial charge in [-0.1, -0.05) is 6.42 Å². The van der Waals surface area contributed by atoms with Gasteiger partial charge in [-0.3, -0.25) is 0 Å². The number of hydrogen-bond donors (Lipinski definition) is 0. The van der Waals surface area contributed by atoms with E-state index in [0.29, 0.717) is 24.1 Å². The van der Waals surface area contributed by atoms with Crippen LogP contribution in [0.25, 0.3) is 11.0 Å². The Balaban J connectivity index is 1.51. The van der Waals surface area contributed by atoms with Gasteiger partial charge in [-0.25, -0.2) is 18.0 Å². The van der Waals surface area contributed by atoms with E-state index >= 15 is 0 Å². The second kappa shape index (κ2) is 7.81. The van der Waals surface area contributed by atoms with Gasteiger partial charge in [0.25, 0.3) is 0 Å². The topological polar surface area (TPSA) is 93.9 Å². The van der Waals surface area contributed by atoms with E-state index in [0.717, 1.165) is 19.3 Å². The molecule has 8 heteroatoms.